The summed E-state index contributed by atoms with van der Waals surface area (Å²) in [6.45, 7) is 3.69. The van der Waals surface area contributed by atoms with Crippen molar-refractivity contribution in [3.8, 4) is 11.6 Å². The number of nitrogens with zero attached hydrogens (tertiary/aromatic N) is 1. The van der Waals surface area contributed by atoms with Crippen LogP contribution >= 0.6 is 0 Å². The molecule has 7 heteroatoms. The molecule has 0 atom stereocenters. The van der Waals surface area contributed by atoms with Gasteiger partial charge in [-0.25, -0.2) is 4.98 Å². The molecule has 0 bridgehead atoms. The van der Waals surface area contributed by atoms with E-state index in [1.807, 2.05) is 12.1 Å². The lowest BCUT2D eigenvalue weighted by atomic mass is 10.1. The van der Waals surface area contributed by atoms with E-state index in [-0.39, 0.29) is 18.3 Å². The number of ether oxygens (including phenoxy) is 1. The lowest BCUT2D eigenvalue weighted by Gasteiger charge is -2.25. The van der Waals surface area contributed by atoms with Gasteiger partial charge in [-0.1, -0.05) is 6.07 Å². The first-order valence-electron chi connectivity index (χ1n) is 8.72. The predicted octanol–water partition coefficient (Wildman–Crippen LogP) is 1.48. The number of fused-ring (bicyclic) bond motifs is 1. The van der Waals surface area contributed by atoms with Crippen LogP contribution in [0.15, 0.2) is 29.1 Å². The Balaban J connectivity index is 1.56. The molecule has 0 spiro atoms. The minimum absolute atomic E-state index is 0.263. The van der Waals surface area contributed by atoms with Gasteiger partial charge in [0.05, 0.1) is 6.07 Å². The number of benzene rings is 1. The summed E-state index contributed by atoms with van der Waals surface area (Å²) in [5, 5.41) is 12.1. The van der Waals surface area contributed by atoms with Crippen molar-refractivity contribution in [1.29, 1.82) is 0 Å². The summed E-state index contributed by atoms with van der Waals surface area (Å²) in [7, 11) is 0. The van der Waals surface area contributed by atoms with Gasteiger partial charge in [0.2, 0.25) is 5.88 Å². The smallest absolute Gasteiger partial charge is 0.263 e. The highest BCUT2D eigenvalue weighted by atomic mass is 16.5. The van der Waals surface area contributed by atoms with Crippen LogP contribution in [0.5, 0.6) is 11.6 Å². The number of aromatic nitrogens is 2. The molecule has 1 aromatic carbocycles. The Hall–Kier alpha value is -2.83. The highest BCUT2D eigenvalue weighted by molar-refractivity contribution is 5.84. The van der Waals surface area contributed by atoms with Crippen LogP contribution < -0.4 is 15.6 Å². The van der Waals surface area contributed by atoms with Gasteiger partial charge in [-0.15, -0.1) is 0 Å². The fourth-order valence-corrected chi connectivity index (χ4v) is 3.07. The number of carbonyl (C=O) groups is 1. The van der Waals surface area contributed by atoms with Crippen LogP contribution in [0.1, 0.15) is 37.2 Å². The summed E-state index contributed by atoms with van der Waals surface area (Å²) in [6, 6.07) is 6.98. The van der Waals surface area contributed by atoms with Gasteiger partial charge in [0.15, 0.2) is 5.60 Å². The van der Waals surface area contributed by atoms with Crippen LogP contribution in [0.3, 0.4) is 0 Å². The van der Waals surface area contributed by atoms with E-state index in [2.05, 4.69) is 21.4 Å². The Kier molecular flexibility index (Phi) is 4.97. The number of aromatic hydroxyl groups is 1. The number of hydrogen-bond donors (Lipinski definition) is 3. The van der Waals surface area contributed by atoms with Gasteiger partial charge in [0.1, 0.15) is 11.6 Å². The van der Waals surface area contributed by atoms with Crippen molar-refractivity contribution in [3.63, 3.8) is 0 Å². The molecule has 1 aromatic heterocycles. The maximum absolute atomic E-state index is 12.4. The molecule has 0 radical (unpaired) electrons. The molecule has 1 amide bonds. The van der Waals surface area contributed by atoms with Crippen molar-refractivity contribution in [2.75, 3.05) is 6.54 Å². The molecular formula is C19H23N3O4. The second kappa shape index (κ2) is 7.19. The first kappa shape index (κ1) is 18.0. The molecule has 0 fully saturated rings. The number of H-pyrrole nitrogens is 1. The van der Waals surface area contributed by atoms with Crippen LogP contribution in [0, 0.1) is 0 Å². The van der Waals surface area contributed by atoms with Crippen LogP contribution in [-0.2, 0) is 24.1 Å². The van der Waals surface area contributed by atoms with Gasteiger partial charge in [-0.2, -0.15) is 0 Å². The first-order chi connectivity index (χ1) is 12.3. The average molecular weight is 357 g/mol. The van der Waals surface area contributed by atoms with Crippen LogP contribution in [0.25, 0.3) is 0 Å². The van der Waals surface area contributed by atoms with Gasteiger partial charge in [0.25, 0.3) is 11.5 Å². The number of aromatic amines is 1. The Labute approximate surface area is 151 Å². The van der Waals surface area contributed by atoms with Crippen molar-refractivity contribution >= 4 is 5.91 Å². The predicted molar refractivity (Wildman–Crippen MR) is 96.4 cm³/mol. The zero-order chi connectivity index (χ0) is 18.7. The molecule has 0 saturated carbocycles. The highest BCUT2D eigenvalue weighted by Crippen LogP contribution is 2.28. The highest BCUT2D eigenvalue weighted by Gasteiger charge is 2.30. The van der Waals surface area contributed by atoms with Gasteiger partial charge in [-0.3, -0.25) is 9.59 Å². The fourth-order valence-electron chi connectivity index (χ4n) is 3.07. The van der Waals surface area contributed by atoms with E-state index in [1.54, 1.807) is 13.8 Å². The van der Waals surface area contributed by atoms with Crippen molar-refractivity contribution in [3.05, 3.63) is 51.6 Å². The zero-order valence-corrected chi connectivity index (χ0v) is 15.0. The minimum Gasteiger partial charge on any atom is -0.493 e. The molecule has 0 saturated heterocycles. The number of amides is 1. The van der Waals surface area contributed by atoms with Crippen molar-refractivity contribution in [2.45, 2.75) is 45.1 Å². The summed E-state index contributed by atoms with van der Waals surface area (Å²) in [4.78, 5) is 30.1. The van der Waals surface area contributed by atoms with Gasteiger partial charge >= 0.3 is 0 Å². The van der Waals surface area contributed by atoms with Crippen LogP contribution in [-0.4, -0.2) is 33.1 Å². The Bertz CT molecular complexity index is 873. The summed E-state index contributed by atoms with van der Waals surface area (Å²) in [5.74, 6) is 0.397. The Morgan fingerprint density at radius 1 is 1.31 bits per heavy atom. The summed E-state index contributed by atoms with van der Waals surface area (Å²) in [5.41, 5.74) is 1.18. The average Bonchev–Trinajstić information content (AvgIpc) is 3.01. The molecule has 7 nitrogen and oxygen atoms in total. The van der Waals surface area contributed by atoms with E-state index < -0.39 is 11.2 Å². The second-order valence-corrected chi connectivity index (χ2v) is 6.95. The maximum Gasteiger partial charge on any atom is 0.263 e. The molecule has 0 unspecified atom stereocenters. The third-order valence-electron chi connectivity index (χ3n) is 4.41. The van der Waals surface area contributed by atoms with Crippen molar-refractivity contribution in [2.24, 2.45) is 0 Å². The quantitative estimate of drug-likeness (QED) is 0.726. The van der Waals surface area contributed by atoms with Crippen LogP contribution in [0.4, 0.5) is 0 Å². The van der Waals surface area contributed by atoms with E-state index in [0.29, 0.717) is 18.0 Å². The zero-order valence-electron chi connectivity index (χ0n) is 15.0. The van der Waals surface area contributed by atoms with Gasteiger partial charge in [0, 0.05) is 13.0 Å². The molecule has 0 aliphatic heterocycles. The molecule has 1 aliphatic carbocycles. The maximum atomic E-state index is 12.4. The topological polar surface area (TPSA) is 104 Å². The van der Waals surface area contributed by atoms with Crippen molar-refractivity contribution in [1.82, 2.24) is 15.3 Å². The van der Waals surface area contributed by atoms with E-state index in [0.717, 1.165) is 25.3 Å². The summed E-state index contributed by atoms with van der Waals surface area (Å²) < 4.78 is 5.90. The molecule has 1 heterocycles. The second-order valence-electron chi connectivity index (χ2n) is 6.95. The molecule has 138 valence electrons. The fraction of sp³-hybridized carbons (Fsp3) is 0.421. The van der Waals surface area contributed by atoms with Crippen LogP contribution in [0.2, 0.25) is 0 Å². The third kappa shape index (κ3) is 4.22. The molecule has 3 rings (SSSR count). The third-order valence-corrected chi connectivity index (χ3v) is 4.41. The minimum atomic E-state index is -1.04. The van der Waals surface area contributed by atoms with E-state index in [4.69, 9.17) is 4.74 Å². The molecule has 3 N–H and O–H groups in total. The normalized spacial score (nSPS) is 13.3. The molecule has 26 heavy (non-hydrogen) atoms. The number of hydrogen-bond acceptors (Lipinski definition) is 5. The molecular weight excluding hydrogens is 334 g/mol. The van der Waals surface area contributed by atoms with E-state index >= 15 is 0 Å². The molecule has 2 aromatic rings. The van der Waals surface area contributed by atoms with E-state index in [9.17, 15) is 14.7 Å². The van der Waals surface area contributed by atoms with Crippen molar-refractivity contribution < 1.29 is 14.6 Å². The van der Waals surface area contributed by atoms with Gasteiger partial charge < -0.3 is 20.1 Å². The Morgan fingerprint density at radius 2 is 2.08 bits per heavy atom. The van der Waals surface area contributed by atoms with E-state index in [1.165, 1.54) is 11.1 Å². The standard InChI is InChI=1S/C19H23N3O4/c1-19(2,26-14-7-6-12-4-3-5-13(12)10-14)18(25)20-9-8-15-21-16(23)11-17(24)22-15/h6-7,10-11H,3-5,8-9H2,1-2H3,(H,20,25)(H2,21,22,23,24). The van der Waals surface area contributed by atoms with Gasteiger partial charge in [-0.05, 0) is 56.4 Å². The monoisotopic (exact) mass is 357 g/mol. The summed E-state index contributed by atoms with van der Waals surface area (Å²) in [6.07, 6.45) is 3.61. The number of carbonyl (C=O) groups excluding carboxylic acids is 1. The molecule has 1 aliphatic rings. The number of rotatable bonds is 6. The number of aryl methyl sites for hydroxylation is 2. The lowest BCUT2D eigenvalue weighted by Crippen LogP contribution is -2.47. The largest absolute Gasteiger partial charge is 0.493 e. The summed E-state index contributed by atoms with van der Waals surface area (Å²) >= 11 is 0. The Morgan fingerprint density at radius 3 is 2.85 bits per heavy atom. The lowest BCUT2D eigenvalue weighted by molar-refractivity contribution is -0.134. The number of nitrogens with one attached hydrogen (secondary N) is 2. The first-order valence-corrected chi connectivity index (χ1v) is 8.72. The SMILES string of the molecule is CC(C)(Oc1ccc2c(c1)CCC2)C(=O)NCCc1nc(O)cc(=O)[nH]1.